The first-order valence-electron chi connectivity index (χ1n) is 9.23. The lowest BCUT2D eigenvalue weighted by Crippen LogP contribution is -2.04. The van der Waals surface area contributed by atoms with E-state index in [-0.39, 0.29) is 11.3 Å². The number of hydrogen-bond donors (Lipinski definition) is 1. The number of phenols is 1. The molecule has 4 aromatic rings. The minimum absolute atomic E-state index is 0.0891. The Bertz CT molecular complexity index is 1230. The van der Waals surface area contributed by atoms with E-state index in [0.29, 0.717) is 28.1 Å². The van der Waals surface area contributed by atoms with Crippen molar-refractivity contribution in [2.24, 2.45) is 0 Å². The first-order chi connectivity index (χ1) is 14.5. The van der Waals surface area contributed by atoms with Crippen LogP contribution >= 0.6 is 0 Å². The molecule has 6 heteroatoms. The molecule has 0 spiro atoms. The Morgan fingerprint density at radius 1 is 1.00 bits per heavy atom. The highest BCUT2D eigenvalue weighted by Crippen LogP contribution is 2.38. The molecule has 0 saturated carbocycles. The second kappa shape index (κ2) is 7.83. The number of phenolic OH excluding ortho intramolecular Hbond substituents is 1. The minimum atomic E-state index is -0.751. The number of carbonyl (C=O) groups is 1. The summed E-state index contributed by atoms with van der Waals surface area (Å²) in [6.45, 7) is 1.83. The minimum Gasteiger partial charge on any atom is -0.507 e. The SMILES string of the molecule is COC(=O)c1ccc(-c2cc(-c3ccc(-c4ccccc4)c(C)c3O)on2)cc1F. The van der Waals surface area contributed by atoms with Crippen LogP contribution in [0.4, 0.5) is 4.39 Å². The van der Waals surface area contributed by atoms with Gasteiger partial charge in [0.15, 0.2) is 5.76 Å². The fourth-order valence-corrected chi connectivity index (χ4v) is 3.32. The molecule has 0 unspecified atom stereocenters. The molecule has 1 aromatic heterocycles. The molecule has 0 radical (unpaired) electrons. The largest absolute Gasteiger partial charge is 0.507 e. The molecule has 0 fully saturated rings. The molecular weight excluding hydrogens is 385 g/mol. The van der Waals surface area contributed by atoms with E-state index in [1.165, 1.54) is 19.2 Å². The summed E-state index contributed by atoms with van der Waals surface area (Å²) in [5.74, 6) is -1.03. The summed E-state index contributed by atoms with van der Waals surface area (Å²) < 4.78 is 24.2. The molecule has 0 atom stereocenters. The van der Waals surface area contributed by atoms with Crippen LogP contribution in [0, 0.1) is 12.7 Å². The van der Waals surface area contributed by atoms with Crippen molar-refractivity contribution in [3.05, 3.63) is 83.7 Å². The van der Waals surface area contributed by atoms with Crippen LogP contribution in [0.1, 0.15) is 15.9 Å². The van der Waals surface area contributed by atoms with E-state index in [9.17, 15) is 14.3 Å². The van der Waals surface area contributed by atoms with Crippen molar-refractivity contribution in [3.63, 3.8) is 0 Å². The Morgan fingerprint density at radius 3 is 2.43 bits per heavy atom. The predicted octanol–water partition coefficient (Wildman–Crippen LogP) is 5.62. The third-order valence-electron chi connectivity index (χ3n) is 4.96. The number of ether oxygens (including phenoxy) is 1. The quantitative estimate of drug-likeness (QED) is 0.448. The summed E-state index contributed by atoms with van der Waals surface area (Å²) in [5.41, 5.74) is 3.77. The van der Waals surface area contributed by atoms with Crippen molar-refractivity contribution < 1.29 is 23.6 Å². The summed E-state index contributed by atoms with van der Waals surface area (Å²) in [6.07, 6.45) is 0. The van der Waals surface area contributed by atoms with Crippen LogP contribution in [-0.2, 0) is 4.74 Å². The highest BCUT2D eigenvalue weighted by atomic mass is 19.1. The van der Waals surface area contributed by atoms with Crippen molar-refractivity contribution >= 4 is 5.97 Å². The Hall–Kier alpha value is -3.93. The molecule has 4 rings (SSSR count). The maximum Gasteiger partial charge on any atom is 0.340 e. The van der Waals surface area contributed by atoms with E-state index in [1.54, 1.807) is 18.2 Å². The van der Waals surface area contributed by atoms with Crippen LogP contribution in [0.3, 0.4) is 0 Å². The number of hydrogen-bond acceptors (Lipinski definition) is 5. The fourth-order valence-electron chi connectivity index (χ4n) is 3.32. The van der Waals surface area contributed by atoms with Crippen LogP contribution in [-0.4, -0.2) is 23.3 Å². The number of aromatic hydroxyl groups is 1. The number of rotatable bonds is 4. The summed E-state index contributed by atoms with van der Waals surface area (Å²) in [5, 5.41) is 14.7. The van der Waals surface area contributed by atoms with E-state index in [2.05, 4.69) is 9.89 Å². The molecule has 3 aromatic carbocycles. The van der Waals surface area contributed by atoms with E-state index in [0.717, 1.165) is 11.1 Å². The predicted molar refractivity (Wildman–Crippen MR) is 111 cm³/mol. The van der Waals surface area contributed by atoms with Crippen LogP contribution in [0.15, 0.2) is 71.3 Å². The molecule has 150 valence electrons. The van der Waals surface area contributed by atoms with Gasteiger partial charge in [0.2, 0.25) is 0 Å². The number of benzene rings is 3. The molecule has 0 saturated heterocycles. The average Bonchev–Trinajstić information content (AvgIpc) is 3.25. The van der Waals surface area contributed by atoms with Gasteiger partial charge in [0.1, 0.15) is 17.3 Å². The van der Waals surface area contributed by atoms with Gasteiger partial charge in [-0.2, -0.15) is 0 Å². The summed E-state index contributed by atoms with van der Waals surface area (Å²) in [7, 11) is 1.19. The van der Waals surface area contributed by atoms with Crippen molar-refractivity contribution in [1.29, 1.82) is 0 Å². The Kier molecular flexibility index (Phi) is 5.06. The molecule has 0 aliphatic rings. The van der Waals surface area contributed by atoms with Gasteiger partial charge < -0.3 is 14.4 Å². The van der Waals surface area contributed by atoms with Gasteiger partial charge in [-0.1, -0.05) is 47.6 Å². The van der Waals surface area contributed by atoms with Gasteiger partial charge in [0, 0.05) is 11.6 Å². The maximum atomic E-state index is 14.2. The maximum absolute atomic E-state index is 14.2. The molecule has 5 nitrogen and oxygen atoms in total. The fraction of sp³-hybridized carbons (Fsp3) is 0.0833. The molecule has 0 aliphatic carbocycles. The zero-order valence-electron chi connectivity index (χ0n) is 16.3. The van der Waals surface area contributed by atoms with E-state index in [1.807, 2.05) is 43.3 Å². The smallest absolute Gasteiger partial charge is 0.340 e. The van der Waals surface area contributed by atoms with Crippen LogP contribution in [0.25, 0.3) is 33.7 Å². The van der Waals surface area contributed by atoms with Crippen molar-refractivity contribution in [2.45, 2.75) is 6.92 Å². The molecule has 1 heterocycles. The topological polar surface area (TPSA) is 72.6 Å². The Labute approximate surface area is 172 Å². The van der Waals surface area contributed by atoms with Crippen molar-refractivity contribution in [2.75, 3.05) is 7.11 Å². The van der Waals surface area contributed by atoms with E-state index >= 15 is 0 Å². The number of aromatic nitrogens is 1. The van der Waals surface area contributed by atoms with Crippen LogP contribution < -0.4 is 0 Å². The van der Waals surface area contributed by atoms with E-state index < -0.39 is 11.8 Å². The molecule has 30 heavy (non-hydrogen) atoms. The number of esters is 1. The normalized spacial score (nSPS) is 10.8. The monoisotopic (exact) mass is 403 g/mol. The molecule has 0 bridgehead atoms. The Morgan fingerprint density at radius 2 is 1.73 bits per heavy atom. The van der Waals surface area contributed by atoms with Gasteiger partial charge in [-0.3, -0.25) is 0 Å². The zero-order chi connectivity index (χ0) is 21.3. The Balaban J connectivity index is 1.69. The van der Waals surface area contributed by atoms with Crippen LogP contribution in [0.5, 0.6) is 5.75 Å². The lowest BCUT2D eigenvalue weighted by molar-refractivity contribution is 0.0595. The lowest BCUT2D eigenvalue weighted by atomic mass is 9.96. The second-order valence-electron chi connectivity index (χ2n) is 6.76. The lowest BCUT2D eigenvalue weighted by Gasteiger charge is -2.10. The average molecular weight is 403 g/mol. The third kappa shape index (κ3) is 3.43. The molecule has 0 amide bonds. The van der Waals surface area contributed by atoms with Crippen LogP contribution in [0.2, 0.25) is 0 Å². The number of halogens is 1. The van der Waals surface area contributed by atoms with Crippen molar-refractivity contribution in [3.8, 4) is 39.5 Å². The summed E-state index contributed by atoms with van der Waals surface area (Å²) >= 11 is 0. The number of methoxy groups -OCH3 is 1. The third-order valence-corrected chi connectivity index (χ3v) is 4.96. The highest BCUT2D eigenvalue weighted by molar-refractivity contribution is 5.90. The molecule has 1 N–H and O–H groups in total. The van der Waals surface area contributed by atoms with E-state index in [4.69, 9.17) is 4.52 Å². The van der Waals surface area contributed by atoms with Gasteiger partial charge in [-0.25, -0.2) is 9.18 Å². The number of carbonyl (C=O) groups excluding carboxylic acids is 1. The van der Waals surface area contributed by atoms with Gasteiger partial charge in [0.05, 0.1) is 18.2 Å². The van der Waals surface area contributed by atoms with Gasteiger partial charge in [0.25, 0.3) is 0 Å². The highest BCUT2D eigenvalue weighted by Gasteiger charge is 2.18. The molecular formula is C24H18FNO4. The van der Waals surface area contributed by atoms with Gasteiger partial charge >= 0.3 is 5.97 Å². The summed E-state index contributed by atoms with van der Waals surface area (Å²) in [6, 6.07) is 19.1. The van der Waals surface area contributed by atoms with Gasteiger partial charge in [-0.05, 0) is 41.8 Å². The first kappa shape index (κ1) is 19.4. The molecule has 0 aliphatic heterocycles. The first-order valence-corrected chi connectivity index (χ1v) is 9.23. The van der Waals surface area contributed by atoms with Gasteiger partial charge in [-0.15, -0.1) is 0 Å². The standard InChI is InChI=1S/C24H18FNO4/c1-14-17(15-6-4-3-5-7-15)10-11-19(23(14)27)22-13-21(26-30-22)16-8-9-18(20(25)12-16)24(28)29-2/h3-13,27H,1-2H3. The summed E-state index contributed by atoms with van der Waals surface area (Å²) in [4.78, 5) is 11.5. The van der Waals surface area contributed by atoms with Crippen molar-refractivity contribution in [1.82, 2.24) is 5.16 Å². The number of nitrogens with zero attached hydrogens (tertiary/aromatic N) is 1. The second-order valence-corrected chi connectivity index (χ2v) is 6.76. The zero-order valence-corrected chi connectivity index (χ0v) is 16.3.